The van der Waals surface area contributed by atoms with Crippen molar-refractivity contribution in [3.05, 3.63) is 0 Å². The van der Waals surface area contributed by atoms with Gasteiger partial charge in [-0.15, -0.1) is 0 Å². The van der Waals surface area contributed by atoms with Crippen molar-refractivity contribution in [1.82, 2.24) is 0 Å². The zero-order valence-corrected chi connectivity index (χ0v) is 9.41. The van der Waals surface area contributed by atoms with Gasteiger partial charge in [0.1, 0.15) is 0 Å². The van der Waals surface area contributed by atoms with Crippen molar-refractivity contribution in [2.45, 2.75) is 0 Å². The average Bonchev–Trinajstić information content (AvgIpc) is 1.27. The van der Waals surface area contributed by atoms with E-state index in [2.05, 4.69) is 0 Å². The van der Waals surface area contributed by atoms with E-state index in [1.54, 1.807) is 0 Å². The van der Waals surface area contributed by atoms with Crippen LogP contribution in [-0.4, -0.2) is 25.8 Å². The summed E-state index contributed by atoms with van der Waals surface area (Å²) in [5.41, 5.74) is 0. The summed E-state index contributed by atoms with van der Waals surface area (Å²) in [5, 5.41) is 0. The largest absolute Gasteiger partial charge is 0.581 e. The van der Waals surface area contributed by atoms with Gasteiger partial charge >= 0.3 is 25.5 Å². The van der Waals surface area contributed by atoms with Crippen LogP contribution in [0.3, 0.4) is 0 Å². The fourth-order valence-corrected chi connectivity index (χ4v) is 1.47. The predicted molar refractivity (Wildman–Crippen MR) is 28.6 cm³/mol. The van der Waals surface area contributed by atoms with Gasteiger partial charge in [-0.05, 0) is 0 Å². The van der Waals surface area contributed by atoms with Gasteiger partial charge in [-0.2, -0.15) is 0 Å². The molecule has 0 aromatic rings. The number of hydrogen-bond acceptors (Lipinski definition) is 5. The molecule has 0 bridgehead atoms. The first-order valence-corrected chi connectivity index (χ1v) is 5.48. The van der Waals surface area contributed by atoms with Crippen molar-refractivity contribution in [1.29, 1.82) is 0 Å². The number of hydrogen-bond donors (Lipinski definition) is 0. The third-order valence-corrected chi connectivity index (χ3v) is 3.60. The zero-order valence-electron chi connectivity index (χ0n) is 3.51. The molecule has 0 saturated carbocycles. The van der Waals surface area contributed by atoms with E-state index >= 15 is 0 Å². The molecule has 2 unspecified atom stereocenters. The molecule has 0 aromatic heterocycles. The van der Waals surface area contributed by atoms with Crippen molar-refractivity contribution in [3.8, 4) is 0 Å². The molecule has 0 N–H and O–H groups in total. The molecular formula is InO4P2S. The molecule has 8 heavy (non-hydrogen) atoms. The van der Waals surface area contributed by atoms with Gasteiger partial charge in [0.05, 0.1) is 0 Å². The third-order valence-electron chi connectivity index (χ3n) is 0.133. The van der Waals surface area contributed by atoms with E-state index in [9.17, 15) is 18.9 Å². The van der Waals surface area contributed by atoms with Gasteiger partial charge in [0.25, 0.3) is 0 Å². The summed E-state index contributed by atoms with van der Waals surface area (Å²) in [4.78, 5) is 18.9. The molecule has 0 aromatic carbocycles. The van der Waals surface area contributed by atoms with Crippen LogP contribution in [0.25, 0.3) is 0 Å². The molecule has 43 valence electrons. The van der Waals surface area contributed by atoms with Crippen molar-refractivity contribution in [3.63, 3.8) is 0 Å². The second-order valence-electron chi connectivity index (χ2n) is 0.529. The van der Waals surface area contributed by atoms with Gasteiger partial charge in [-0.3, -0.25) is 0 Å². The van der Waals surface area contributed by atoms with Gasteiger partial charge in [-0.1, -0.05) is 9.13 Å². The zero-order chi connectivity index (χ0) is 5.86. The van der Waals surface area contributed by atoms with Gasteiger partial charge in [-0.25, -0.2) is 0 Å². The standard InChI is InChI=1S/In.O4P2S/c;1-5(2)7-6(3)4. The van der Waals surface area contributed by atoms with Crippen molar-refractivity contribution >= 4 is 51.3 Å². The van der Waals surface area contributed by atoms with Crippen LogP contribution in [0.2, 0.25) is 0 Å². The summed E-state index contributed by atoms with van der Waals surface area (Å²) in [6, 6.07) is 0. The molecule has 0 fully saturated rings. The van der Waals surface area contributed by atoms with Gasteiger partial charge in [0.2, 0.25) is 0 Å². The summed E-state index contributed by atoms with van der Waals surface area (Å²) in [7, 11) is -5.64. The summed E-state index contributed by atoms with van der Waals surface area (Å²) >= 11 is -0.0833. The van der Waals surface area contributed by atoms with E-state index in [0.717, 1.165) is 0 Å². The molecule has 0 spiro atoms. The van der Waals surface area contributed by atoms with Crippen LogP contribution < -0.4 is 9.79 Å². The van der Waals surface area contributed by atoms with Gasteiger partial charge in [0.15, 0.2) is 0 Å². The van der Waals surface area contributed by atoms with Crippen molar-refractivity contribution in [2.75, 3.05) is 0 Å². The van der Waals surface area contributed by atoms with Gasteiger partial charge < -0.3 is 9.79 Å². The maximum atomic E-state index is 9.43. The molecule has 0 saturated heterocycles. The Kier molecular flexibility index (Phi) is 9.74. The molecule has 3 radical (unpaired) electrons. The molecule has 0 rings (SSSR count). The quantitative estimate of drug-likeness (QED) is 0.626. The number of rotatable bonds is 2. The molecule has 0 aliphatic carbocycles. The van der Waals surface area contributed by atoms with Crippen LogP contribution in [0.1, 0.15) is 0 Å². The van der Waals surface area contributed by atoms with Gasteiger partial charge in [0, 0.05) is 25.8 Å². The smallest absolute Gasteiger partial charge is 0.438 e. The Morgan fingerprint density at radius 2 is 1.38 bits per heavy atom. The second-order valence-corrected chi connectivity index (χ2v) is 5.34. The fourth-order valence-electron chi connectivity index (χ4n) is 0.0544. The molecule has 2 atom stereocenters. The molecule has 0 heterocycles. The van der Waals surface area contributed by atoms with E-state index in [0.29, 0.717) is 0 Å². The minimum atomic E-state index is -2.82. The Labute approximate surface area is 70.1 Å². The van der Waals surface area contributed by atoms with Crippen LogP contribution in [0.5, 0.6) is 0 Å². The summed E-state index contributed by atoms with van der Waals surface area (Å²) < 4.78 is 18.9. The van der Waals surface area contributed by atoms with E-state index in [4.69, 9.17) is 0 Å². The third kappa shape index (κ3) is 10.3. The van der Waals surface area contributed by atoms with Crippen LogP contribution in [0.4, 0.5) is 0 Å². The Morgan fingerprint density at radius 3 is 1.38 bits per heavy atom. The summed E-state index contributed by atoms with van der Waals surface area (Å²) in [6.45, 7) is 0. The fraction of sp³-hybridized carbons (Fsp3) is 0. The Balaban J connectivity index is 0. The molecular weight excluding hydrogens is 273 g/mol. The summed E-state index contributed by atoms with van der Waals surface area (Å²) in [5.74, 6) is 0. The van der Waals surface area contributed by atoms with Crippen LogP contribution in [-0.2, 0) is 9.13 Å². The maximum Gasteiger partial charge on any atom is 0.438 e. The molecule has 0 aliphatic rings. The van der Waals surface area contributed by atoms with Crippen molar-refractivity contribution < 1.29 is 18.9 Å². The first-order chi connectivity index (χ1) is 3.13. The van der Waals surface area contributed by atoms with Crippen LogP contribution in [0.15, 0.2) is 0 Å². The monoisotopic (exact) mass is 273 g/mol. The topological polar surface area (TPSA) is 80.3 Å². The SMILES string of the molecule is O=[P+]([O-])S[P+](=O)[O-].[In]. The van der Waals surface area contributed by atoms with E-state index < -0.39 is 14.5 Å². The van der Waals surface area contributed by atoms with E-state index in [1.807, 2.05) is 0 Å². The van der Waals surface area contributed by atoms with Crippen molar-refractivity contribution in [2.24, 2.45) is 0 Å². The molecule has 8 heteroatoms. The minimum absolute atomic E-state index is 0. The summed E-state index contributed by atoms with van der Waals surface area (Å²) in [6.07, 6.45) is 0. The maximum absolute atomic E-state index is 9.43. The Morgan fingerprint density at radius 1 is 1.12 bits per heavy atom. The van der Waals surface area contributed by atoms with E-state index in [-0.39, 0.29) is 36.8 Å². The normalized spacial score (nSPS) is 11.8. The molecule has 0 aliphatic heterocycles. The van der Waals surface area contributed by atoms with E-state index in [1.165, 1.54) is 0 Å². The first kappa shape index (κ1) is 12.1. The average molecular weight is 273 g/mol. The Hall–Kier alpha value is 1.34. The van der Waals surface area contributed by atoms with Crippen LogP contribution >= 0.6 is 25.5 Å². The Bertz CT molecular complexity index is 90.2. The molecule has 4 nitrogen and oxygen atoms in total. The van der Waals surface area contributed by atoms with Crippen LogP contribution in [0, 0.1) is 0 Å². The minimum Gasteiger partial charge on any atom is -0.581 e. The predicted octanol–water partition coefficient (Wildman–Crippen LogP) is -0.626. The second kappa shape index (κ2) is 6.46. The first-order valence-electron chi connectivity index (χ1n) is 1.10. The molecule has 0 amide bonds.